The minimum atomic E-state index is 0. The van der Waals surface area contributed by atoms with Crippen molar-refractivity contribution in [2.75, 3.05) is 32.6 Å². The number of pyridine rings is 1. The number of anilines is 2. The van der Waals surface area contributed by atoms with Crippen LogP contribution in [0.15, 0.2) is 30.5 Å². The summed E-state index contributed by atoms with van der Waals surface area (Å²) in [5.41, 5.74) is 5.16. The fourth-order valence-corrected chi connectivity index (χ4v) is 4.38. The number of hydrogen-bond donors (Lipinski definition) is 3. The second kappa shape index (κ2) is 12.6. The molecule has 190 valence electrons. The first-order valence-electron chi connectivity index (χ1n) is 12.2. The van der Waals surface area contributed by atoms with Crippen LogP contribution >= 0.6 is 0 Å². The van der Waals surface area contributed by atoms with Gasteiger partial charge in [0.2, 0.25) is 0 Å². The molecule has 0 atom stereocenters. The minimum Gasteiger partial charge on any atom is -0.489 e. The van der Waals surface area contributed by atoms with Crippen molar-refractivity contribution < 1.29 is 16.5 Å². The number of aryl methyl sites for hydroxylation is 2. The third kappa shape index (κ3) is 6.42. The lowest BCUT2D eigenvalue weighted by Crippen LogP contribution is -2.29. The normalized spacial score (nSPS) is 14.3. The van der Waals surface area contributed by atoms with Gasteiger partial charge in [-0.2, -0.15) is 4.73 Å². The summed E-state index contributed by atoms with van der Waals surface area (Å²) in [4.78, 5) is 7.00. The first kappa shape index (κ1) is 27.5. The summed E-state index contributed by atoms with van der Waals surface area (Å²) in [6, 6.07) is 8.26. The second-order valence-corrected chi connectivity index (χ2v) is 8.80. The van der Waals surface area contributed by atoms with E-state index >= 15 is 0 Å². The Balaban J connectivity index is 0.00000117. The van der Waals surface area contributed by atoms with Crippen molar-refractivity contribution in [3.63, 3.8) is 0 Å². The topological polar surface area (TPSA) is 82.8 Å². The summed E-state index contributed by atoms with van der Waals surface area (Å²) in [6.07, 6.45) is 4.04. The summed E-state index contributed by atoms with van der Waals surface area (Å²) in [5.74, 6) is 2.11. The summed E-state index contributed by atoms with van der Waals surface area (Å²) < 4.78 is 7.26. The molecule has 0 radical (unpaired) electrons. The van der Waals surface area contributed by atoms with Gasteiger partial charge >= 0.3 is 0 Å². The molecule has 0 saturated carbocycles. The molecule has 0 spiro atoms. The van der Waals surface area contributed by atoms with Gasteiger partial charge in [0.25, 0.3) is 0 Å². The van der Waals surface area contributed by atoms with Crippen molar-refractivity contribution in [2.45, 2.75) is 66.4 Å². The van der Waals surface area contributed by atoms with Gasteiger partial charge in [0.1, 0.15) is 11.6 Å². The molecule has 7 nitrogen and oxygen atoms in total. The van der Waals surface area contributed by atoms with E-state index in [-0.39, 0.29) is 7.53 Å². The van der Waals surface area contributed by atoms with E-state index in [1.807, 2.05) is 46.8 Å². The highest BCUT2D eigenvalue weighted by atomic mass is 16.5. The van der Waals surface area contributed by atoms with Gasteiger partial charge < -0.3 is 25.3 Å². The van der Waals surface area contributed by atoms with Crippen molar-refractivity contribution in [3.8, 4) is 5.75 Å². The number of nitrogens with zero attached hydrogens (tertiary/aromatic N) is 3. The summed E-state index contributed by atoms with van der Waals surface area (Å²) in [5, 5.41) is 21.4. The Morgan fingerprint density at radius 2 is 1.74 bits per heavy atom. The second-order valence-electron chi connectivity index (χ2n) is 8.80. The highest BCUT2D eigenvalue weighted by molar-refractivity contribution is 5.82. The van der Waals surface area contributed by atoms with Gasteiger partial charge in [-0.25, -0.2) is 4.98 Å². The predicted molar refractivity (Wildman–Crippen MR) is 143 cm³/mol. The highest BCUT2D eigenvalue weighted by Crippen LogP contribution is 2.38. The molecular weight excluding hydrogens is 428 g/mol. The van der Waals surface area contributed by atoms with E-state index in [9.17, 15) is 5.21 Å². The largest absolute Gasteiger partial charge is 0.489 e. The molecule has 1 fully saturated rings. The van der Waals surface area contributed by atoms with Crippen LogP contribution in [-0.2, 0) is 0 Å². The molecule has 1 aliphatic heterocycles. The van der Waals surface area contributed by atoms with Gasteiger partial charge in [-0.15, -0.1) is 0 Å². The maximum absolute atomic E-state index is 10.0. The van der Waals surface area contributed by atoms with Gasteiger partial charge in [-0.1, -0.05) is 13.8 Å². The van der Waals surface area contributed by atoms with Crippen LogP contribution in [-0.4, -0.2) is 58.3 Å². The van der Waals surface area contributed by atoms with Crippen molar-refractivity contribution in [1.82, 2.24) is 14.6 Å². The number of likely N-dealkylation sites (tertiary alicyclic amines) is 1. The smallest absolute Gasteiger partial charge is 0.177 e. The monoisotopic (exact) mass is 472 g/mol. The van der Waals surface area contributed by atoms with Crippen molar-refractivity contribution in [1.29, 1.82) is 0 Å². The van der Waals surface area contributed by atoms with E-state index in [0.717, 1.165) is 47.3 Å². The molecule has 0 aliphatic carbocycles. The number of aromatic nitrogens is 2. The Hall–Kier alpha value is -2.77. The Morgan fingerprint density at radius 1 is 1.09 bits per heavy atom. The number of fused-ring (bicyclic) bond motifs is 1. The number of piperidine rings is 1. The zero-order chi connectivity index (χ0) is 25.4. The lowest BCUT2D eigenvalue weighted by molar-refractivity contribution is 0.198. The number of aliphatic hydroxyl groups is 1. The van der Waals surface area contributed by atoms with Crippen LogP contribution in [0.4, 0.5) is 11.5 Å². The number of hydrogen-bond acceptors (Lipinski definition) is 6. The van der Waals surface area contributed by atoms with Crippen LogP contribution in [0.3, 0.4) is 0 Å². The first-order valence-corrected chi connectivity index (χ1v) is 12.2. The average molecular weight is 473 g/mol. The Morgan fingerprint density at radius 3 is 2.35 bits per heavy atom. The molecule has 34 heavy (non-hydrogen) atoms. The molecule has 1 aliphatic rings. The van der Waals surface area contributed by atoms with Gasteiger partial charge in [0.05, 0.1) is 11.8 Å². The molecule has 4 rings (SSSR count). The van der Waals surface area contributed by atoms with E-state index in [4.69, 9.17) is 9.84 Å². The summed E-state index contributed by atoms with van der Waals surface area (Å²) >= 11 is 0. The fourth-order valence-electron chi connectivity index (χ4n) is 4.38. The Kier molecular flexibility index (Phi) is 10.2. The van der Waals surface area contributed by atoms with Crippen molar-refractivity contribution in [2.24, 2.45) is 0 Å². The quantitative estimate of drug-likeness (QED) is 0.389. The molecule has 7 heteroatoms. The van der Waals surface area contributed by atoms with E-state index < -0.39 is 0 Å². The molecule has 2 aromatic heterocycles. The molecular formula is C27H44N4O3. The zero-order valence-electron chi connectivity index (χ0n) is 22.0. The molecule has 1 saturated heterocycles. The molecule has 3 N–H and O–H groups in total. The fraction of sp³-hybridized carbons (Fsp3) is 0.519. The first-order chi connectivity index (χ1) is 16.3. The predicted octanol–water partition coefficient (Wildman–Crippen LogP) is 6.11. The SMILES string of the molecule is CC.CO.Cc1cc(Nc2cc(C)c3ccn(O)c3n2)c(OC(C)C)cc1C1CCN(C)CC1.[HH]. The molecule has 0 bridgehead atoms. The van der Waals surface area contributed by atoms with E-state index in [1.165, 1.54) is 24.0 Å². The molecule has 1 aromatic carbocycles. The van der Waals surface area contributed by atoms with E-state index in [1.54, 1.807) is 6.20 Å². The maximum atomic E-state index is 10.0. The number of nitrogens with one attached hydrogen (secondary N) is 1. The van der Waals surface area contributed by atoms with Crippen LogP contribution in [0.25, 0.3) is 11.0 Å². The maximum Gasteiger partial charge on any atom is 0.177 e. The number of rotatable bonds is 5. The van der Waals surface area contributed by atoms with Crippen molar-refractivity contribution >= 4 is 22.5 Å². The third-order valence-corrected chi connectivity index (χ3v) is 6.00. The molecule has 3 aromatic rings. The van der Waals surface area contributed by atoms with Gasteiger partial charge in [-0.05, 0) is 108 Å². The average Bonchev–Trinajstić information content (AvgIpc) is 3.20. The minimum absolute atomic E-state index is 0. The van der Waals surface area contributed by atoms with Crippen LogP contribution in [0.2, 0.25) is 0 Å². The van der Waals surface area contributed by atoms with Crippen LogP contribution in [0.1, 0.15) is 64.6 Å². The number of aliphatic hydroxyl groups excluding tert-OH is 1. The van der Waals surface area contributed by atoms with E-state index in [0.29, 0.717) is 17.4 Å². The lowest BCUT2D eigenvalue weighted by Gasteiger charge is -2.31. The third-order valence-electron chi connectivity index (χ3n) is 6.00. The van der Waals surface area contributed by atoms with Gasteiger partial charge in [-0.3, -0.25) is 0 Å². The number of ether oxygens (including phenoxy) is 1. The molecule has 0 amide bonds. The van der Waals surface area contributed by atoms with Crippen LogP contribution in [0.5, 0.6) is 5.75 Å². The Bertz CT molecular complexity index is 1060. The zero-order valence-corrected chi connectivity index (χ0v) is 22.0. The van der Waals surface area contributed by atoms with Crippen molar-refractivity contribution in [3.05, 3.63) is 47.2 Å². The van der Waals surface area contributed by atoms with Gasteiger partial charge in [0, 0.05) is 20.1 Å². The van der Waals surface area contributed by atoms with Gasteiger partial charge in [0.15, 0.2) is 5.65 Å². The van der Waals surface area contributed by atoms with Crippen LogP contribution in [0, 0.1) is 13.8 Å². The summed E-state index contributed by atoms with van der Waals surface area (Å²) in [7, 11) is 3.19. The number of benzene rings is 1. The lowest BCUT2D eigenvalue weighted by atomic mass is 9.86. The standard InChI is InChI=1S/C24H32N4O2.C2H6.CH4O.H2/c1-15(2)30-22-14-20(18-6-9-27(5)10-7-18)16(3)12-21(22)25-23-13-17(4)19-8-11-28(29)24(19)26-23;2*1-2;/h8,11-15,18,29H,6-7,9-10H2,1-5H3,(H,25,26);1-2H3;2H,1H3;1H. The highest BCUT2D eigenvalue weighted by Gasteiger charge is 2.22. The Labute approximate surface area is 205 Å². The van der Waals surface area contributed by atoms with E-state index in [2.05, 4.69) is 41.3 Å². The molecule has 3 heterocycles. The molecule has 0 unspecified atom stereocenters. The van der Waals surface area contributed by atoms with Crippen LogP contribution < -0.4 is 10.1 Å². The summed E-state index contributed by atoms with van der Waals surface area (Å²) in [6.45, 7) is 14.6.